The van der Waals surface area contributed by atoms with Crippen LogP contribution in [0.15, 0.2) is 34.2 Å². The first-order valence-corrected chi connectivity index (χ1v) is 6.27. The lowest BCUT2D eigenvalue weighted by Crippen LogP contribution is -2.39. The van der Waals surface area contributed by atoms with Crippen LogP contribution in [0, 0.1) is 0 Å². The van der Waals surface area contributed by atoms with Gasteiger partial charge in [-0.25, -0.2) is 9.78 Å². The SMILES string of the molecule is O=C(Cn1ccc(=O)[nH]c1=O)N(CCO)Cc1ncc[nH]1. The highest BCUT2D eigenvalue weighted by Crippen LogP contribution is 2.00. The molecule has 0 aromatic carbocycles. The maximum atomic E-state index is 12.2. The van der Waals surface area contributed by atoms with E-state index in [1.807, 2.05) is 0 Å². The number of nitrogens with one attached hydrogen (secondary N) is 2. The molecule has 0 aliphatic heterocycles. The van der Waals surface area contributed by atoms with Gasteiger partial charge in [0.1, 0.15) is 12.4 Å². The summed E-state index contributed by atoms with van der Waals surface area (Å²) in [4.78, 5) is 45.0. The van der Waals surface area contributed by atoms with E-state index < -0.39 is 11.2 Å². The monoisotopic (exact) mass is 293 g/mol. The molecule has 3 N–H and O–H groups in total. The Hall–Kier alpha value is -2.68. The van der Waals surface area contributed by atoms with Gasteiger partial charge < -0.3 is 15.0 Å². The highest BCUT2D eigenvalue weighted by molar-refractivity contribution is 5.75. The van der Waals surface area contributed by atoms with Crippen LogP contribution < -0.4 is 11.2 Å². The number of H-pyrrole nitrogens is 2. The highest BCUT2D eigenvalue weighted by atomic mass is 16.3. The Balaban J connectivity index is 2.11. The molecule has 0 atom stereocenters. The van der Waals surface area contributed by atoms with Crippen molar-refractivity contribution in [1.82, 2.24) is 24.4 Å². The van der Waals surface area contributed by atoms with Crippen molar-refractivity contribution < 1.29 is 9.90 Å². The van der Waals surface area contributed by atoms with E-state index in [2.05, 4.69) is 15.0 Å². The zero-order valence-corrected chi connectivity index (χ0v) is 11.2. The molecule has 2 aromatic heterocycles. The number of carbonyl (C=O) groups excluding carboxylic acids is 1. The van der Waals surface area contributed by atoms with Crippen LogP contribution in [0.4, 0.5) is 0 Å². The van der Waals surface area contributed by atoms with E-state index in [4.69, 9.17) is 5.11 Å². The number of hydrogen-bond donors (Lipinski definition) is 3. The predicted octanol–water partition coefficient (Wildman–Crippen LogP) is -1.72. The van der Waals surface area contributed by atoms with Gasteiger partial charge >= 0.3 is 5.69 Å². The van der Waals surface area contributed by atoms with Crippen LogP contribution in [0.25, 0.3) is 0 Å². The summed E-state index contributed by atoms with van der Waals surface area (Å²) in [7, 11) is 0. The van der Waals surface area contributed by atoms with Crippen molar-refractivity contribution in [2.75, 3.05) is 13.2 Å². The van der Waals surface area contributed by atoms with Gasteiger partial charge in [0.15, 0.2) is 0 Å². The second-order valence-corrected chi connectivity index (χ2v) is 4.31. The van der Waals surface area contributed by atoms with E-state index in [0.717, 1.165) is 10.6 Å². The van der Waals surface area contributed by atoms with E-state index in [0.29, 0.717) is 5.82 Å². The van der Waals surface area contributed by atoms with E-state index >= 15 is 0 Å². The van der Waals surface area contributed by atoms with Crippen LogP contribution in [-0.2, 0) is 17.9 Å². The van der Waals surface area contributed by atoms with Gasteiger partial charge in [-0.1, -0.05) is 0 Å². The summed E-state index contributed by atoms with van der Waals surface area (Å²) in [6, 6.07) is 1.16. The van der Waals surface area contributed by atoms with E-state index in [-0.39, 0.29) is 32.1 Å². The van der Waals surface area contributed by atoms with Crippen molar-refractivity contribution in [1.29, 1.82) is 0 Å². The molecule has 0 spiro atoms. The number of aromatic amines is 2. The van der Waals surface area contributed by atoms with Crippen molar-refractivity contribution in [3.05, 3.63) is 51.3 Å². The number of imidazole rings is 1. The second-order valence-electron chi connectivity index (χ2n) is 4.31. The largest absolute Gasteiger partial charge is 0.395 e. The molecular weight excluding hydrogens is 278 g/mol. The lowest BCUT2D eigenvalue weighted by molar-refractivity contribution is -0.133. The third-order valence-corrected chi connectivity index (χ3v) is 2.82. The molecule has 0 unspecified atom stereocenters. The highest BCUT2D eigenvalue weighted by Gasteiger charge is 2.15. The number of hydrogen-bond acceptors (Lipinski definition) is 5. The van der Waals surface area contributed by atoms with Crippen LogP contribution in [0.2, 0.25) is 0 Å². The van der Waals surface area contributed by atoms with Crippen molar-refractivity contribution >= 4 is 5.91 Å². The van der Waals surface area contributed by atoms with Crippen molar-refractivity contribution in [3.8, 4) is 0 Å². The third-order valence-electron chi connectivity index (χ3n) is 2.82. The van der Waals surface area contributed by atoms with Gasteiger partial charge in [0.05, 0.1) is 13.2 Å². The first-order valence-electron chi connectivity index (χ1n) is 6.27. The van der Waals surface area contributed by atoms with Gasteiger partial charge in [0, 0.05) is 31.2 Å². The molecule has 0 radical (unpaired) electrons. The average molecular weight is 293 g/mol. The number of carbonyl (C=O) groups is 1. The van der Waals surface area contributed by atoms with Gasteiger partial charge in [0.2, 0.25) is 5.91 Å². The molecule has 21 heavy (non-hydrogen) atoms. The molecule has 0 aliphatic carbocycles. The summed E-state index contributed by atoms with van der Waals surface area (Å²) in [5, 5.41) is 9.03. The quantitative estimate of drug-likeness (QED) is 0.584. The smallest absolute Gasteiger partial charge is 0.328 e. The van der Waals surface area contributed by atoms with E-state index in [1.165, 1.54) is 11.1 Å². The first-order chi connectivity index (χ1) is 10.1. The summed E-state index contributed by atoms with van der Waals surface area (Å²) < 4.78 is 1.09. The maximum Gasteiger partial charge on any atom is 0.328 e. The molecular formula is C12H15N5O4. The van der Waals surface area contributed by atoms with Crippen LogP contribution >= 0.6 is 0 Å². The molecule has 2 rings (SSSR count). The maximum absolute atomic E-state index is 12.2. The number of aliphatic hydroxyl groups excluding tert-OH is 1. The van der Waals surface area contributed by atoms with E-state index in [1.54, 1.807) is 12.4 Å². The van der Waals surface area contributed by atoms with Crippen LogP contribution in [0.3, 0.4) is 0 Å². The molecule has 112 valence electrons. The predicted molar refractivity (Wildman–Crippen MR) is 72.4 cm³/mol. The minimum absolute atomic E-state index is 0.123. The molecule has 9 heteroatoms. The van der Waals surface area contributed by atoms with Crippen LogP contribution in [-0.4, -0.2) is 48.6 Å². The van der Waals surface area contributed by atoms with Crippen molar-refractivity contribution in [2.24, 2.45) is 0 Å². The van der Waals surface area contributed by atoms with Gasteiger partial charge in [0.25, 0.3) is 5.56 Å². The third kappa shape index (κ3) is 3.89. The van der Waals surface area contributed by atoms with Gasteiger partial charge in [-0.3, -0.25) is 19.1 Å². The molecule has 2 aromatic rings. The summed E-state index contributed by atoms with van der Waals surface area (Å²) in [6.07, 6.45) is 4.44. The summed E-state index contributed by atoms with van der Waals surface area (Å²) >= 11 is 0. The number of aromatic nitrogens is 4. The molecule has 0 aliphatic rings. The lowest BCUT2D eigenvalue weighted by Gasteiger charge is -2.21. The van der Waals surface area contributed by atoms with E-state index in [9.17, 15) is 14.4 Å². The molecule has 9 nitrogen and oxygen atoms in total. The Morgan fingerprint density at radius 1 is 1.43 bits per heavy atom. The van der Waals surface area contributed by atoms with Crippen molar-refractivity contribution in [2.45, 2.75) is 13.1 Å². The van der Waals surface area contributed by atoms with Crippen LogP contribution in [0.1, 0.15) is 5.82 Å². The average Bonchev–Trinajstić information content (AvgIpc) is 2.94. The minimum atomic E-state index is -0.655. The zero-order chi connectivity index (χ0) is 15.2. The number of aliphatic hydroxyl groups is 1. The fraction of sp³-hybridized carbons (Fsp3) is 0.333. The topological polar surface area (TPSA) is 124 Å². The zero-order valence-electron chi connectivity index (χ0n) is 11.2. The summed E-state index contributed by atoms with van der Waals surface area (Å²) in [5.41, 5.74) is -1.18. The van der Waals surface area contributed by atoms with Gasteiger partial charge in [-0.15, -0.1) is 0 Å². The summed E-state index contributed by atoms with van der Waals surface area (Å²) in [6.45, 7) is -0.106. The van der Waals surface area contributed by atoms with Gasteiger partial charge in [-0.2, -0.15) is 0 Å². The lowest BCUT2D eigenvalue weighted by atomic mass is 10.4. The summed E-state index contributed by atoms with van der Waals surface area (Å²) in [5.74, 6) is 0.209. The Bertz CT molecular complexity index is 703. The second kappa shape index (κ2) is 6.66. The van der Waals surface area contributed by atoms with Crippen LogP contribution in [0.5, 0.6) is 0 Å². The minimum Gasteiger partial charge on any atom is -0.395 e. The Kier molecular flexibility index (Phi) is 4.67. The Morgan fingerprint density at radius 2 is 2.24 bits per heavy atom. The number of rotatable bonds is 6. The molecule has 0 saturated heterocycles. The fourth-order valence-corrected chi connectivity index (χ4v) is 1.79. The Morgan fingerprint density at radius 3 is 2.86 bits per heavy atom. The molecule has 2 heterocycles. The molecule has 0 fully saturated rings. The number of amides is 1. The van der Waals surface area contributed by atoms with Gasteiger partial charge in [-0.05, 0) is 0 Å². The standard InChI is InChI=1S/C12H15N5O4/c18-6-5-16(7-9-13-2-3-14-9)11(20)8-17-4-1-10(19)15-12(17)21/h1-4,18H,5-8H2,(H,13,14)(H,15,19,21). The number of nitrogens with zero attached hydrogens (tertiary/aromatic N) is 3. The normalized spacial score (nSPS) is 10.5. The molecule has 1 amide bonds. The molecule has 0 bridgehead atoms. The first kappa shape index (κ1) is 14.7. The van der Waals surface area contributed by atoms with Crippen molar-refractivity contribution in [3.63, 3.8) is 0 Å². The fourth-order valence-electron chi connectivity index (χ4n) is 1.79. The Labute approximate surface area is 118 Å². The molecule has 0 saturated carbocycles.